The highest BCUT2D eigenvalue weighted by Gasteiger charge is 2.31. The highest BCUT2D eigenvalue weighted by atomic mass is 32.1. The molecule has 1 N–H and O–H groups in total. The minimum Gasteiger partial charge on any atom is -0.487 e. The van der Waals surface area contributed by atoms with Crippen molar-refractivity contribution >= 4 is 23.2 Å². The summed E-state index contributed by atoms with van der Waals surface area (Å²) < 4.78 is 5.80. The van der Waals surface area contributed by atoms with Gasteiger partial charge in [0.25, 0.3) is 5.91 Å². The second kappa shape index (κ2) is 10.2. The summed E-state index contributed by atoms with van der Waals surface area (Å²) in [5.74, 6) is 0.558. The third-order valence-electron chi connectivity index (χ3n) is 5.26. The summed E-state index contributed by atoms with van der Waals surface area (Å²) in [5.41, 5.74) is 1.81. The van der Waals surface area contributed by atoms with Crippen molar-refractivity contribution in [3.8, 4) is 5.75 Å². The number of hydrogen-bond acceptors (Lipinski definition) is 5. The fourth-order valence-corrected chi connectivity index (χ4v) is 4.29. The molecule has 2 amide bonds. The number of nitrogens with zero attached hydrogens (tertiary/aromatic N) is 2. The van der Waals surface area contributed by atoms with Crippen LogP contribution in [0.5, 0.6) is 5.75 Å². The van der Waals surface area contributed by atoms with Gasteiger partial charge in [-0.3, -0.25) is 14.6 Å². The number of pyridine rings is 1. The van der Waals surface area contributed by atoms with Crippen molar-refractivity contribution in [2.24, 2.45) is 0 Å². The molecular weight excluding hydrogens is 410 g/mol. The molecule has 0 saturated carbocycles. The second-order valence-corrected chi connectivity index (χ2v) is 8.41. The molecule has 0 spiro atoms. The summed E-state index contributed by atoms with van der Waals surface area (Å²) in [4.78, 5) is 32.5. The average Bonchev–Trinajstić information content (AvgIpc) is 3.26. The quantitative estimate of drug-likeness (QED) is 0.608. The summed E-state index contributed by atoms with van der Waals surface area (Å²) in [7, 11) is 0. The molecular formula is C24H25N3O3S. The predicted molar refractivity (Wildman–Crippen MR) is 120 cm³/mol. The number of amides is 2. The van der Waals surface area contributed by atoms with Crippen LogP contribution in [0.25, 0.3) is 0 Å². The largest absolute Gasteiger partial charge is 0.487 e. The van der Waals surface area contributed by atoms with Crippen LogP contribution in [0.15, 0.2) is 66.2 Å². The van der Waals surface area contributed by atoms with E-state index in [-0.39, 0.29) is 11.8 Å². The Morgan fingerprint density at radius 1 is 1.13 bits per heavy atom. The molecule has 7 heteroatoms. The number of benzene rings is 1. The van der Waals surface area contributed by atoms with E-state index in [1.165, 1.54) is 11.3 Å². The Morgan fingerprint density at radius 2 is 2.00 bits per heavy atom. The molecule has 0 radical (unpaired) electrons. The molecule has 160 valence electrons. The van der Waals surface area contributed by atoms with Crippen LogP contribution in [-0.2, 0) is 17.9 Å². The zero-order valence-corrected chi connectivity index (χ0v) is 18.0. The topological polar surface area (TPSA) is 71.5 Å². The first-order valence-electron chi connectivity index (χ1n) is 10.4. The highest BCUT2D eigenvalue weighted by molar-refractivity contribution is 7.12. The lowest BCUT2D eigenvalue weighted by Gasteiger charge is -2.30. The van der Waals surface area contributed by atoms with Crippen LogP contribution in [0.3, 0.4) is 0 Å². The first kappa shape index (κ1) is 21.1. The van der Waals surface area contributed by atoms with Crippen molar-refractivity contribution in [1.29, 1.82) is 0 Å². The Kier molecular flexibility index (Phi) is 6.94. The maximum Gasteiger partial charge on any atom is 0.264 e. The van der Waals surface area contributed by atoms with Crippen LogP contribution in [0, 0.1) is 0 Å². The Hall–Kier alpha value is -3.19. The molecule has 31 heavy (non-hydrogen) atoms. The Labute approximate surface area is 185 Å². The molecule has 1 atom stereocenters. The molecule has 1 aliphatic rings. The van der Waals surface area contributed by atoms with Gasteiger partial charge in [-0.2, -0.15) is 0 Å². The van der Waals surface area contributed by atoms with Crippen molar-refractivity contribution in [3.05, 3.63) is 82.3 Å². The summed E-state index contributed by atoms with van der Waals surface area (Å²) in [6.07, 6.45) is 4.27. The molecule has 1 aromatic carbocycles. The van der Waals surface area contributed by atoms with Gasteiger partial charge in [-0.05, 0) is 60.5 Å². The van der Waals surface area contributed by atoms with E-state index in [0.29, 0.717) is 31.0 Å². The number of aromatic nitrogens is 1. The SMILES string of the molecule is O=C1NCCCC[C@@H]1N(Cc1ccc(OCc2ccccn2)cc1)C(=O)c1cccs1. The maximum atomic E-state index is 13.2. The molecule has 0 aliphatic carbocycles. The number of carbonyl (C=O) groups is 2. The van der Waals surface area contributed by atoms with Gasteiger partial charge < -0.3 is 15.0 Å². The Morgan fingerprint density at radius 3 is 2.74 bits per heavy atom. The van der Waals surface area contributed by atoms with Crippen LogP contribution in [0.4, 0.5) is 0 Å². The van der Waals surface area contributed by atoms with Crippen molar-refractivity contribution < 1.29 is 14.3 Å². The summed E-state index contributed by atoms with van der Waals surface area (Å²) in [6, 6.07) is 16.6. The minimum absolute atomic E-state index is 0.0716. The monoisotopic (exact) mass is 435 g/mol. The van der Waals surface area contributed by atoms with Gasteiger partial charge in [0.1, 0.15) is 18.4 Å². The Balaban J connectivity index is 1.48. The zero-order valence-electron chi connectivity index (χ0n) is 17.2. The van der Waals surface area contributed by atoms with E-state index in [0.717, 1.165) is 29.8 Å². The lowest BCUT2D eigenvalue weighted by molar-refractivity contribution is -0.125. The van der Waals surface area contributed by atoms with E-state index in [9.17, 15) is 9.59 Å². The van der Waals surface area contributed by atoms with Crippen LogP contribution in [0.2, 0.25) is 0 Å². The van der Waals surface area contributed by atoms with Gasteiger partial charge in [0, 0.05) is 19.3 Å². The maximum absolute atomic E-state index is 13.2. The highest BCUT2D eigenvalue weighted by Crippen LogP contribution is 2.22. The normalized spacial score (nSPS) is 16.3. The number of hydrogen-bond donors (Lipinski definition) is 1. The number of nitrogens with one attached hydrogen (secondary N) is 1. The molecule has 3 aromatic rings. The molecule has 1 fully saturated rings. The third-order valence-corrected chi connectivity index (χ3v) is 6.12. The van der Waals surface area contributed by atoms with Gasteiger partial charge in [-0.25, -0.2) is 0 Å². The van der Waals surface area contributed by atoms with Crippen molar-refractivity contribution in [2.75, 3.05) is 6.54 Å². The number of ether oxygens (including phenoxy) is 1. The number of thiophene rings is 1. The lowest BCUT2D eigenvalue weighted by Crippen LogP contribution is -2.48. The lowest BCUT2D eigenvalue weighted by atomic mass is 10.1. The zero-order chi connectivity index (χ0) is 21.5. The van der Waals surface area contributed by atoms with E-state index >= 15 is 0 Å². The van der Waals surface area contributed by atoms with Crippen molar-refractivity contribution in [1.82, 2.24) is 15.2 Å². The van der Waals surface area contributed by atoms with Gasteiger partial charge in [-0.15, -0.1) is 11.3 Å². The second-order valence-electron chi connectivity index (χ2n) is 7.47. The fourth-order valence-electron chi connectivity index (χ4n) is 3.61. The molecule has 3 heterocycles. The number of carbonyl (C=O) groups excluding carboxylic acids is 2. The van der Waals surface area contributed by atoms with E-state index < -0.39 is 6.04 Å². The first-order chi connectivity index (χ1) is 15.2. The van der Waals surface area contributed by atoms with Gasteiger partial charge in [-0.1, -0.05) is 24.3 Å². The van der Waals surface area contributed by atoms with Crippen LogP contribution in [-0.4, -0.2) is 34.3 Å². The summed E-state index contributed by atoms with van der Waals surface area (Å²) in [6.45, 7) is 1.43. The van der Waals surface area contributed by atoms with Crippen LogP contribution >= 0.6 is 11.3 Å². The van der Waals surface area contributed by atoms with E-state index in [1.54, 1.807) is 11.1 Å². The molecule has 2 aromatic heterocycles. The van der Waals surface area contributed by atoms with E-state index in [2.05, 4.69) is 10.3 Å². The third kappa shape index (κ3) is 5.49. The van der Waals surface area contributed by atoms with E-state index in [4.69, 9.17) is 4.74 Å². The van der Waals surface area contributed by atoms with Gasteiger partial charge in [0.15, 0.2) is 0 Å². The van der Waals surface area contributed by atoms with Crippen LogP contribution < -0.4 is 10.1 Å². The molecule has 1 aliphatic heterocycles. The average molecular weight is 436 g/mol. The summed E-state index contributed by atoms with van der Waals surface area (Å²) in [5, 5.41) is 4.83. The smallest absolute Gasteiger partial charge is 0.264 e. The Bertz CT molecular complexity index is 991. The van der Waals surface area contributed by atoms with Crippen molar-refractivity contribution in [3.63, 3.8) is 0 Å². The number of rotatable bonds is 7. The molecule has 0 unspecified atom stereocenters. The van der Waals surface area contributed by atoms with Gasteiger partial charge in [0.2, 0.25) is 5.91 Å². The fraction of sp³-hybridized carbons (Fsp3) is 0.292. The predicted octanol–water partition coefficient (Wildman–Crippen LogP) is 4.03. The van der Waals surface area contributed by atoms with Crippen LogP contribution in [0.1, 0.15) is 40.2 Å². The molecule has 1 saturated heterocycles. The molecule has 6 nitrogen and oxygen atoms in total. The van der Waals surface area contributed by atoms with E-state index in [1.807, 2.05) is 60.0 Å². The first-order valence-corrected chi connectivity index (χ1v) is 11.3. The summed E-state index contributed by atoms with van der Waals surface area (Å²) >= 11 is 1.40. The molecule has 0 bridgehead atoms. The molecule has 4 rings (SSSR count). The van der Waals surface area contributed by atoms with Gasteiger partial charge in [0.05, 0.1) is 10.6 Å². The minimum atomic E-state index is -0.461. The van der Waals surface area contributed by atoms with Crippen molar-refractivity contribution in [2.45, 2.75) is 38.5 Å². The van der Waals surface area contributed by atoms with Gasteiger partial charge >= 0.3 is 0 Å². The standard InChI is InChI=1S/C24H25N3O3S/c28-23-21(7-2-4-14-26-23)27(24(29)22-8-5-15-31-22)16-18-9-11-20(12-10-18)30-17-19-6-1-3-13-25-19/h1,3,5-6,8-13,15,21H,2,4,7,14,16-17H2,(H,26,28)/t21-/m0/s1.